The number of nitrogens with one attached hydrogen (secondary N) is 1. The minimum atomic E-state index is -3.73. The second kappa shape index (κ2) is 8.37. The zero-order valence-corrected chi connectivity index (χ0v) is 18.5. The number of carbonyl (C=O) groups is 1. The number of carbonyl (C=O) groups excluding carboxylic acids is 1. The molecule has 2 aromatic heterocycles. The molecule has 1 atom stereocenters. The fourth-order valence-electron chi connectivity index (χ4n) is 3.76. The van der Waals surface area contributed by atoms with Crippen molar-refractivity contribution in [1.82, 2.24) is 24.4 Å². The van der Waals surface area contributed by atoms with Crippen molar-refractivity contribution in [3.63, 3.8) is 0 Å². The first-order valence-electron chi connectivity index (χ1n) is 10.1. The molecule has 0 radical (unpaired) electrons. The smallest absolute Gasteiger partial charge is 0.251 e. The Morgan fingerprint density at radius 1 is 1.32 bits per heavy atom. The Kier molecular flexibility index (Phi) is 5.78. The molecule has 3 aromatic rings. The van der Waals surface area contributed by atoms with E-state index in [1.807, 2.05) is 31.2 Å². The van der Waals surface area contributed by atoms with Crippen molar-refractivity contribution in [2.24, 2.45) is 0 Å². The summed E-state index contributed by atoms with van der Waals surface area (Å²) in [6.45, 7) is 4.77. The average molecular weight is 444 g/mol. The first-order chi connectivity index (χ1) is 14.8. The number of rotatable bonds is 5. The van der Waals surface area contributed by atoms with Crippen molar-refractivity contribution < 1.29 is 17.9 Å². The van der Waals surface area contributed by atoms with Crippen LogP contribution in [0.1, 0.15) is 34.8 Å². The molecule has 1 N–H and O–H groups in total. The molecule has 3 heterocycles. The standard InChI is InChI=1S/C21H25N5O4S/c1-4-25-13-20(14(2)24-25)31(28,29)26-9-10-30-19(12-26)18-11-16(21(27)22-3)15-7-5-6-8-17(15)23-18/h5-8,11,13,19H,4,9-10,12H2,1-3H3,(H,22,27). The van der Waals surface area contributed by atoms with Crippen LogP contribution in [0.2, 0.25) is 0 Å². The average Bonchev–Trinajstić information content (AvgIpc) is 3.19. The molecule has 4 rings (SSSR count). The van der Waals surface area contributed by atoms with Gasteiger partial charge in [-0.3, -0.25) is 9.48 Å². The van der Waals surface area contributed by atoms with Crippen molar-refractivity contribution in [1.29, 1.82) is 0 Å². The highest BCUT2D eigenvalue weighted by molar-refractivity contribution is 7.89. The van der Waals surface area contributed by atoms with Crippen LogP contribution in [-0.4, -0.2) is 60.1 Å². The monoisotopic (exact) mass is 443 g/mol. The lowest BCUT2D eigenvalue weighted by Crippen LogP contribution is -2.42. The third kappa shape index (κ3) is 3.93. The summed E-state index contributed by atoms with van der Waals surface area (Å²) < 4.78 is 35.5. The molecule has 31 heavy (non-hydrogen) atoms. The number of ether oxygens (including phenoxy) is 1. The van der Waals surface area contributed by atoms with E-state index >= 15 is 0 Å². The summed E-state index contributed by atoms with van der Waals surface area (Å²) in [5, 5.41) is 7.64. The minimum Gasteiger partial charge on any atom is -0.369 e. The van der Waals surface area contributed by atoms with Gasteiger partial charge in [0.1, 0.15) is 11.0 Å². The maximum Gasteiger partial charge on any atom is 0.251 e. The molecule has 164 valence electrons. The number of pyridine rings is 1. The maximum absolute atomic E-state index is 13.3. The van der Waals surface area contributed by atoms with Gasteiger partial charge in [-0.1, -0.05) is 18.2 Å². The summed E-state index contributed by atoms with van der Waals surface area (Å²) in [5.41, 5.74) is 2.13. The molecule has 1 unspecified atom stereocenters. The first-order valence-corrected chi connectivity index (χ1v) is 11.6. The fraction of sp³-hybridized carbons (Fsp3) is 0.381. The predicted molar refractivity (Wildman–Crippen MR) is 115 cm³/mol. The van der Waals surface area contributed by atoms with Crippen LogP contribution in [0, 0.1) is 6.92 Å². The van der Waals surface area contributed by atoms with Crippen LogP contribution in [0.4, 0.5) is 0 Å². The fourth-order valence-corrected chi connectivity index (χ4v) is 5.35. The third-order valence-electron chi connectivity index (χ3n) is 5.41. The highest BCUT2D eigenvalue weighted by Gasteiger charge is 2.34. The van der Waals surface area contributed by atoms with Gasteiger partial charge in [0.2, 0.25) is 10.0 Å². The van der Waals surface area contributed by atoms with E-state index in [0.717, 1.165) is 5.39 Å². The Hall–Kier alpha value is -2.82. The van der Waals surface area contributed by atoms with Crippen LogP contribution >= 0.6 is 0 Å². The summed E-state index contributed by atoms with van der Waals surface area (Å²) in [5.74, 6) is -0.234. The van der Waals surface area contributed by atoms with Crippen LogP contribution < -0.4 is 5.32 Å². The van der Waals surface area contributed by atoms with Gasteiger partial charge in [0.15, 0.2) is 0 Å². The van der Waals surface area contributed by atoms with Crippen molar-refractivity contribution in [3.05, 3.63) is 53.5 Å². The topological polar surface area (TPSA) is 106 Å². The van der Waals surface area contributed by atoms with E-state index in [1.165, 1.54) is 4.31 Å². The number of para-hydroxylation sites is 1. The molecule has 0 bridgehead atoms. The number of nitrogens with zero attached hydrogens (tertiary/aromatic N) is 4. The molecule has 1 aliphatic rings. The molecule has 10 heteroatoms. The summed E-state index contributed by atoms with van der Waals surface area (Å²) in [6.07, 6.45) is 0.977. The van der Waals surface area contributed by atoms with E-state index in [9.17, 15) is 13.2 Å². The Morgan fingerprint density at radius 3 is 2.81 bits per heavy atom. The zero-order chi connectivity index (χ0) is 22.2. The quantitative estimate of drug-likeness (QED) is 0.645. The second-order valence-corrected chi connectivity index (χ2v) is 9.25. The molecule has 0 saturated carbocycles. The molecule has 1 amide bonds. The number of fused-ring (bicyclic) bond motifs is 1. The normalized spacial score (nSPS) is 17.7. The van der Waals surface area contributed by atoms with Crippen molar-refractivity contribution >= 4 is 26.8 Å². The molecule has 1 aromatic carbocycles. The molecule has 9 nitrogen and oxygen atoms in total. The first kappa shape index (κ1) is 21.4. The Morgan fingerprint density at radius 2 is 2.10 bits per heavy atom. The van der Waals surface area contributed by atoms with E-state index in [2.05, 4.69) is 15.4 Å². The molecule has 0 spiro atoms. The highest BCUT2D eigenvalue weighted by atomic mass is 32.2. The van der Waals surface area contributed by atoms with E-state index in [1.54, 1.807) is 30.9 Å². The Balaban J connectivity index is 1.69. The maximum atomic E-state index is 13.3. The van der Waals surface area contributed by atoms with Crippen LogP contribution in [0.5, 0.6) is 0 Å². The minimum absolute atomic E-state index is 0.109. The van der Waals surface area contributed by atoms with Gasteiger partial charge < -0.3 is 10.1 Å². The zero-order valence-electron chi connectivity index (χ0n) is 17.7. The predicted octanol–water partition coefficient (Wildman–Crippen LogP) is 1.88. The Labute approximate surface area is 181 Å². The third-order valence-corrected chi connectivity index (χ3v) is 7.38. The molecular weight excluding hydrogens is 418 g/mol. The lowest BCUT2D eigenvalue weighted by atomic mass is 10.0. The SMILES string of the molecule is CCn1cc(S(=O)(=O)N2CCOC(c3cc(C(=O)NC)c4ccccc4n3)C2)c(C)n1. The van der Waals surface area contributed by atoms with E-state index in [-0.39, 0.29) is 30.5 Å². The number of morpholine rings is 1. The van der Waals surface area contributed by atoms with Gasteiger partial charge in [-0.15, -0.1) is 0 Å². The van der Waals surface area contributed by atoms with Gasteiger partial charge in [0, 0.05) is 38.3 Å². The van der Waals surface area contributed by atoms with Gasteiger partial charge in [0.05, 0.1) is 29.1 Å². The van der Waals surface area contributed by atoms with Crippen molar-refractivity contribution in [2.45, 2.75) is 31.4 Å². The molecule has 1 fully saturated rings. The summed E-state index contributed by atoms with van der Waals surface area (Å²) in [6, 6.07) is 9.04. The summed E-state index contributed by atoms with van der Waals surface area (Å²) in [7, 11) is -2.16. The van der Waals surface area contributed by atoms with Gasteiger partial charge >= 0.3 is 0 Å². The van der Waals surface area contributed by atoms with Gasteiger partial charge in [0.25, 0.3) is 5.91 Å². The van der Waals surface area contributed by atoms with Crippen LogP contribution in [-0.2, 0) is 21.3 Å². The highest BCUT2D eigenvalue weighted by Crippen LogP contribution is 2.29. The summed E-state index contributed by atoms with van der Waals surface area (Å²) in [4.78, 5) is 17.3. The number of sulfonamides is 1. The van der Waals surface area contributed by atoms with E-state index in [4.69, 9.17) is 4.74 Å². The lowest BCUT2D eigenvalue weighted by molar-refractivity contribution is -0.00480. The van der Waals surface area contributed by atoms with Gasteiger partial charge in [-0.05, 0) is 26.0 Å². The van der Waals surface area contributed by atoms with Crippen LogP contribution in [0.3, 0.4) is 0 Å². The number of benzene rings is 1. The Bertz CT molecular complexity index is 1240. The van der Waals surface area contributed by atoms with Crippen LogP contribution in [0.15, 0.2) is 41.4 Å². The molecule has 0 aliphatic carbocycles. The largest absolute Gasteiger partial charge is 0.369 e. The molecule has 1 saturated heterocycles. The summed E-state index contributed by atoms with van der Waals surface area (Å²) >= 11 is 0. The molecule has 1 aliphatic heterocycles. The number of amides is 1. The number of hydrogen-bond donors (Lipinski definition) is 1. The van der Waals surface area contributed by atoms with Crippen molar-refractivity contribution in [3.8, 4) is 0 Å². The van der Waals surface area contributed by atoms with Crippen molar-refractivity contribution in [2.75, 3.05) is 26.7 Å². The molecular formula is C21H25N5O4S. The number of hydrogen-bond acceptors (Lipinski definition) is 6. The second-order valence-electron chi connectivity index (χ2n) is 7.35. The van der Waals surface area contributed by atoms with E-state index < -0.39 is 16.1 Å². The number of aryl methyl sites for hydroxylation is 2. The number of aromatic nitrogens is 3. The van der Waals surface area contributed by atoms with E-state index in [0.29, 0.717) is 29.0 Å². The lowest BCUT2D eigenvalue weighted by Gasteiger charge is -2.32. The van der Waals surface area contributed by atoms with Gasteiger partial charge in [-0.25, -0.2) is 13.4 Å². The van der Waals surface area contributed by atoms with Gasteiger partial charge in [-0.2, -0.15) is 9.40 Å². The van der Waals surface area contributed by atoms with Crippen LogP contribution in [0.25, 0.3) is 10.9 Å².